The molecular weight excluding hydrogens is 294 g/mol. The van der Waals surface area contributed by atoms with Crippen molar-refractivity contribution >= 4 is 28.1 Å². The smallest absolute Gasteiger partial charge is 0.347 e. The maximum Gasteiger partial charge on any atom is 0.347 e. The van der Waals surface area contributed by atoms with Crippen molar-refractivity contribution < 1.29 is 4.74 Å². The highest BCUT2D eigenvalue weighted by Crippen LogP contribution is 2.26. The van der Waals surface area contributed by atoms with E-state index >= 15 is 0 Å². The fourth-order valence-electron chi connectivity index (χ4n) is 1.34. The average molecular weight is 302 g/mol. The lowest BCUT2D eigenvalue weighted by molar-refractivity contribution is 0.412. The molecule has 0 saturated carbocycles. The van der Waals surface area contributed by atoms with Gasteiger partial charge in [0, 0.05) is 0 Å². The second kappa shape index (κ2) is 4.26. The first-order valence-electron chi connectivity index (χ1n) is 4.37. The Morgan fingerprint density at radius 1 is 1.44 bits per heavy atom. The summed E-state index contributed by atoms with van der Waals surface area (Å²) in [6.45, 7) is 0. The van der Waals surface area contributed by atoms with Gasteiger partial charge in [-0.15, -0.1) is 0 Å². The molecule has 5 nitrogen and oxygen atoms in total. The molecule has 0 radical (unpaired) electrons. The molecule has 1 aromatic heterocycles. The fourth-order valence-corrected chi connectivity index (χ4v) is 2.11. The van der Waals surface area contributed by atoms with E-state index in [0.717, 1.165) is 4.47 Å². The molecule has 0 atom stereocenters. The summed E-state index contributed by atoms with van der Waals surface area (Å²) in [5, 5.41) is 4.99. The van der Waals surface area contributed by atoms with E-state index in [-0.39, 0.29) is 5.69 Å². The fraction of sp³-hybridized carbons (Fsp3) is 0.111. The van der Waals surface area contributed by atoms with Crippen LogP contribution >= 0.6 is 28.1 Å². The van der Waals surface area contributed by atoms with Crippen LogP contribution in [0.15, 0.2) is 27.5 Å². The van der Waals surface area contributed by atoms with E-state index < -0.39 is 0 Å². The Kier molecular flexibility index (Phi) is 2.97. The van der Waals surface area contributed by atoms with Gasteiger partial charge < -0.3 is 4.74 Å². The van der Waals surface area contributed by atoms with Gasteiger partial charge >= 0.3 is 5.69 Å². The molecule has 16 heavy (non-hydrogen) atoms. The largest absolute Gasteiger partial charge is 0.496 e. The number of hydrogen-bond donors (Lipinski definition) is 2. The van der Waals surface area contributed by atoms with Crippen molar-refractivity contribution in [1.29, 1.82) is 0 Å². The van der Waals surface area contributed by atoms with Crippen molar-refractivity contribution in [1.82, 2.24) is 14.8 Å². The molecule has 84 valence electrons. The van der Waals surface area contributed by atoms with Crippen LogP contribution in [0.25, 0.3) is 5.69 Å². The maximum atomic E-state index is 11.5. The number of nitrogens with zero attached hydrogens (tertiary/aromatic N) is 1. The number of benzene rings is 1. The number of nitrogens with one attached hydrogen (secondary N) is 2. The molecule has 0 fully saturated rings. The lowest BCUT2D eigenvalue weighted by atomic mass is 10.3. The van der Waals surface area contributed by atoms with Gasteiger partial charge in [0.15, 0.2) is 0 Å². The number of aromatic amines is 2. The first-order valence-corrected chi connectivity index (χ1v) is 5.57. The van der Waals surface area contributed by atoms with Crippen molar-refractivity contribution in [3.8, 4) is 11.4 Å². The second-order valence-corrected chi connectivity index (χ2v) is 4.26. The van der Waals surface area contributed by atoms with E-state index in [1.165, 1.54) is 4.57 Å². The minimum absolute atomic E-state index is 0.304. The monoisotopic (exact) mass is 301 g/mol. The standard InChI is InChI=1S/C9H8BrN3O2S/c1-15-7-3-2-5(4-6(7)10)13-8(14)11-12-9(13)16/h2-4H,1H3,(H,11,14)(H,12,16). The molecule has 0 aliphatic carbocycles. The molecule has 0 unspecified atom stereocenters. The zero-order valence-corrected chi connectivity index (χ0v) is 10.7. The third-order valence-electron chi connectivity index (χ3n) is 2.08. The van der Waals surface area contributed by atoms with Crippen molar-refractivity contribution in [2.45, 2.75) is 0 Å². The predicted molar refractivity (Wildman–Crippen MR) is 65.8 cm³/mol. The molecule has 1 aromatic carbocycles. The highest BCUT2D eigenvalue weighted by atomic mass is 79.9. The zero-order chi connectivity index (χ0) is 11.7. The third-order valence-corrected chi connectivity index (χ3v) is 2.98. The summed E-state index contributed by atoms with van der Waals surface area (Å²) < 4.78 is 7.54. The van der Waals surface area contributed by atoms with Crippen molar-refractivity contribution in [3.05, 3.63) is 37.9 Å². The van der Waals surface area contributed by atoms with Gasteiger partial charge in [-0.3, -0.25) is 5.10 Å². The average Bonchev–Trinajstić information content (AvgIpc) is 2.58. The van der Waals surface area contributed by atoms with Crippen LogP contribution in [0.2, 0.25) is 0 Å². The summed E-state index contributed by atoms with van der Waals surface area (Å²) in [6.07, 6.45) is 0. The van der Waals surface area contributed by atoms with Crippen LogP contribution in [0.1, 0.15) is 0 Å². The van der Waals surface area contributed by atoms with E-state index in [9.17, 15) is 4.79 Å². The van der Waals surface area contributed by atoms with Crippen LogP contribution in [0.3, 0.4) is 0 Å². The lowest BCUT2D eigenvalue weighted by Crippen LogP contribution is -2.14. The number of aromatic nitrogens is 3. The Bertz CT molecular complexity index is 601. The number of ether oxygens (including phenoxy) is 1. The summed E-state index contributed by atoms with van der Waals surface area (Å²) >= 11 is 8.34. The topological polar surface area (TPSA) is 62.8 Å². The number of rotatable bonds is 2. The van der Waals surface area contributed by atoms with E-state index in [0.29, 0.717) is 16.2 Å². The molecule has 0 bridgehead atoms. The predicted octanol–water partition coefficient (Wildman–Crippen LogP) is 1.99. The molecule has 7 heteroatoms. The molecule has 0 aliphatic heterocycles. The van der Waals surface area contributed by atoms with E-state index in [1.54, 1.807) is 25.3 Å². The maximum absolute atomic E-state index is 11.5. The van der Waals surface area contributed by atoms with Crippen molar-refractivity contribution in [3.63, 3.8) is 0 Å². The number of halogens is 1. The minimum atomic E-state index is -0.304. The molecular formula is C9H8BrN3O2S. The van der Waals surface area contributed by atoms with Crippen molar-refractivity contribution in [2.24, 2.45) is 0 Å². The molecule has 2 rings (SSSR count). The molecule has 2 N–H and O–H groups in total. The van der Waals surface area contributed by atoms with Gasteiger partial charge in [0.1, 0.15) is 5.75 Å². The number of methoxy groups -OCH3 is 1. The van der Waals surface area contributed by atoms with Gasteiger partial charge in [0.2, 0.25) is 4.77 Å². The highest BCUT2D eigenvalue weighted by molar-refractivity contribution is 9.10. The number of H-pyrrole nitrogens is 2. The summed E-state index contributed by atoms with van der Waals surface area (Å²) in [5.41, 5.74) is 0.363. The molecule has 0 aliphatic rings. The number of hydrogen-bond acceptors (Lipinski definition) is 3. The summed E-state index contributed by atoms with van der Waals surface area (Å²) in [7, 11) is 1.58. The summed E-state index contributed by atoms with van der Waals surface area (Å²) in [4.78, 5) is 11.5. The first-order chi connectivity index (χ1) is 7.63. The zero-order valence-electron chi connectivity index (χ0n) is 8.28. The Morgan fingerprint density at radius 2 is 2.19 bits per heavy atom. The molecule has 0 saturated heterocycles. The van der Waals surface area contributed by atoms with Crippen LogP contribution in [0.4, 0.5) is 0 Å². The normalized spacial score (nSPS) is 10.4. The molecule has 1 heterocycles. The molecule has 0 spiro atoms. The van der Waals surface area contributed by atoms with Crippen LogP contribution in [-0.4, -0.2) is 21.9 Å². The minimum Gasteiger partial charge on any atom is -0.496 e. The van der Waals surface area contributed by atoms with Crippen LogP contribution in [-0.2, 0) is 0 Å². The summed E-state index contributed by atoms with van der Waals surface area (Å²) in [5.74, 6) is 0.697. The van der Waals surface area contributed by atoms with E-state index in [4.69, 9.17) is 17.0 Å². The molecule has 0 amide bonds. The Hall–Kier alpha value is -1.34. The second-order valence-electron chi connectivity index (χ2n) is 3.01. The molecule has 2 aromatic rings. The van der Waals surface area contributed by atoms with Gasteiger partial charge in [0.05, 0.1) is 17.3 Å². The third kappa shape index (κ3) is 1.83. The highest BCUT2D eigenvalue weighted by Gasteiger charge is 2.06. The van der Waals surface area contributed by atoms with E-state index in [1.807, 2.05) is 0 Å². The SMILES string of the molecule is COc1ccc(-n2c(=O)[nH][nH]c2=S)cc1Br. The van der Waals surface area contributed by atoms with E-state index in [2.05, 4.69) is 26.1 Å². The quantitative estimate of drug-likeness (QED) is 0.834. The van der Waals surface area contributed by atoms with Gasteiger partial charge in [-0.05, 0) is 46.3 Å². The van der Waals surface area contributed by atoms with Gasteiger partial charge in [-0.1, -0.05) is 0 Å². The van der Waals surface area contributed by atoms with Crippen molar-refractivity contribution in [2.75, 3.05) is 7.11 Å². The summed E-state index contributed by atoms with van der Waals surface area (Å²) in [6, 6.07) is 5.27. The van der Waals surface area contributed by atoms with Crippen LogP contribution < -0.4 is 10.4 Å². The van der Waals surface area contributed by atoms with Gasteiger partial charge in [0.25, 0.3) is 0 Å². The van der Waals surface area contributed by atoms with Gasteiger partial charge in [-0.2, -0.15) is 0 Å². The Balaban J connectivity index is 2.62. The van der Waals surface area contributed by atoms with Crippen LogP contribution in [0, 0.1) is 4.77 Å². The van der Waals surface area contributed by atoms with Gasteiger partial charge in [-0.25, -0.2) is 14.5 Å². The Morgan fingerprint density at radius 3 is 2.69 bits per heavy atom. The van der Waals surface area contributed by atoms with Crippen LogP contribution in [0.5, 0.6) is 5.75 Å². The lowest BCUT2D eigenvalue weighted by Gasteiger charge is -2.05. The Labute approximate surface area is 104 Å². The first kappa shape index (κ1) is 11.2.